The number of rotatable bonds is 1. The molecule has 1 N–H and O–H groups in total. The van der Waals surface area contributed by atoms with Crippen LogP contribution in [0.2, 0.25) is 0 Å². The lowest BCUT2D eigenvalue weighted by Crippen LogP contribution is -2.17. The van der Waals surface area contributed by atoms with Gasteiger partial charge in [-0.15, -0.1) is 0 Å². The van der Waals surface area contributed by atoms with Crippen LogP contribution in [0.25, 0.3) is 11.1 Å². The standard InChI is InChI=1S/C13H14FNO2/c14-9-3-6-11-12(7-9)17-13(15-11)8-1-4-10(16)5-2-8/h3,6-8,10,16H,1-2,4-5H2. The first kappa shape index (κ1) is 10.7. The zero-order valence-electron chi connectivity index (χ0n) is 9.40. The molecule has 3 rings (SSSR count). The van der Waals surface area contributed by atoms with Gasteiger partial charge in [0.05, 0.1) is 6.10 Å². The van der Waals surface area contributed by atoms with Crippen molar-refractivity contribution in [2.45, 2.75) is 37.7 Å². The molecule has 1 aromatic heterocycles. The second-order valence-electron chi connectivity index (χ2n) is 4.67. The molecule has 0 aliphatic heterocycles. The van der Waals surface area contributed by atoms with Crippen LogP contribution >= 0.6 is 0 Å². The van der Waals surface area contributed by atoms with Crippen LogP contribution in [-0.2, 0) is 0 Å². The fourth-order valence-electron chi connectivity index (χ4n) is 2.41. The largest absolute Gasteiger partial charge is 0.440 e. The third-order valence-electron chi connectivity index (χ3n) is 3.41. The first-order chi connectivity index (χ1) is 8.22. The molecule has 0 bridgehead atoms. The van der Waals surface area contributed by atoms with Gasteiger partial charge in [0.1, 0.15) is 11.3 Å². The number of fused-ring (bicyclic) bond motifs is 1. The zero-order valence-corrected chi connectivity index (χ0v) is 9.40. The molecule has 90 valence electrons. The molecular weight excluding hydrogens is 221 g/mol. The lowest BCUT2D eigenvalue weighted by atomic mass is 9.87. The minimum atomic E-state index is -0.306. The van der Waals surface area contributed by atoms with E-state index >= 15 is 0 Å². The summed E-state index contributed by atoms with van der Waals surface area (Å²) in [7, 11) is 0. The van der Waals surface area contributed by atoms with Crippen LogP contribution in [0.15, 0.2) is 22.6 Å². The quantitative estimate of drug-likeness (QED) is 0.826. The molecule has 1 fully saturated rings. The lowest BCUT2D eigenvalue weighted by Gasteiger charge is -2.22. The fourth-order valence-corrected chi connectivity index (χ4v) is 2.41. The molecule has 1 heterocycles. The Hall–Kier alpha value is -1.42. The first-order valence-corrected chi connectivity index (χ1v) is 5.96. The lowest BCUT2D eigenvalue weighted by molar-refractivity contribution is 0.118. The fraction of sp³-hybridized carbons (Fsp3) is 0.462. The number of aliphatic hydroxyl groups is 1. The van der Waals surface area contributed by atoms with Crippen molar-refractivity contribution >= 4 is 11.1 Å². The van der Waals surface area contributed by atoms with Crippen molar-refractivity contribution in [1.29, 1.82) is 0 Å². The number of hydrogen-bond donors (Lipinski definition) is 1. The van der Waals surface area contributed by atoms with Crippen LogP contribution in [-0.4, -0.2) is 16.2 Å². The van der Waals surface area contributed by atoms with Crippen molar-refractivity contribution < 1.29 is 13.9 Å². The SMILES string of the molecule is OC1CCC(c2nc3ccc(F)cc3o2)CC1. The molecule has 1 aromatic carbocycles. The molecule has 1 aliphatic carbocycles. The van der Waals surface area contributed by atoms with Gasteiger partial charge in [0.2, 0.25) is 0 Å². The van der Waals surface area contributed by atoms with Crippen molar-refractivity contribution in [3.8, 4) is 0 Å². The Morgan fingerprint density at radius 1 is 1.24 bits per heavy atom. The summed E-state index contributed by atoms with van der Waals surface area (Å²) in [4.78, 5) is 4.39. The molecule has 2 aromatic rings. The summed E-state index contributed by atoms with van der Waals surface area (Å²) in [5.74, 6) is 0.630. The summed E-state index contributed by atoms with van der Waals surface area (Å²) < 4.78 is 18.6. The first-order valence-electron chi connectivity index (χ1n) is 5.96. The molecule has 0 unspecified atom stereocenters. The van der Waals surface area contributed by atoms with E-state index in [2.05, 4.69) is 4.98 Å². The normalized spacial score (nSPS) is 25.3. The number of halogens is 1. The van der Waals surface area contributed by atoms with E-state index < -0.39 is 0 Å². The Balaban J connectivity index is 1.90. The molecule has 4 heteroatoms. The molecule has 17 heavy (non-hydrogen) atoms. The summed E-state index contributed by atoms with van der Waals surface area (Å²) in [5, 5.41) is 9.45. The van der Waals surface area contributed by atoms with Gasteiger partial charge in [0.15, 0.2) is 11.5 Å². The Kier molecular flexibility index (Phi) is 2.59. The van der Waals surface area contributed by atoms with E-state index in [1.54, 1.807) is 6.07 Å². The van der Waals surface area contributed by atoms with E-state index in [-0.39, 0.29) is 17.8 Å². The van der Waals surface area contributed by atoms with Crippen LogP contribution in [0, 0.1) is 5.82 Å². The maximum atomic E-state index is 13.0. The van der Waals surface area contributed by atoms with Gasteiger partial charge in [0.25, 0.3) is 0 Å². The molecular formula is C13H14FNO2. The average molecular weight is 235 g/mol. The van der Waals surface area contributed by atoms with Gasteiger partial charge in [-0.25, -0.2) is 9.37 Å². The zero-order chi connectivity index (χ0) is 11.8. The van der Waals surface area contributed by atoms with Crippen LogP contribution in [0.3, 0.4) is 0 Å². The molecule has 0 saturated heterocycles. The summed E-state index contributed by atoms with van der Waals surface area (Å²) in [6, 6.07) is 4.39. The summed E-state index contributed by atoms with van der Waals surface area (Å²) in [5.41, 5.74) is 1.21. The smallest absolute Gasteiger partial charge is 0.198 e. The Morgan fingerprint density at radius 3 is 2.76 bits per heavy atom. The van der Waals surface area contributed by atoms with E-state index in [1.807, 2.05) is 0 Å². The highest BCUT2D eigenvalue weighted by Gasteiger charge is 2.24. The van der Waals surface area contributed by atoms with E-state index in [1.165, 1.54) is 12.1 Å². The Bertz CT molecular complexity index is 529. The topological polar surface area (TPSA) is 46.3 Å². The number of hydrogen-bond acceptors (Lipinski definition) is 3. The minimum absolute atomic E-state index is 0.187. The highest BCUT2D eigenvalue weighted by molar-refractivity contribution is 5.72. The minimum Gasteiger partial charge on any atom is -0.440 e. The molecule has 0 atom stereocenters. The molecule has 3 nitrogen and oxygen atoms in total. The van der Waals surface area contributed by atoms with Gasteiger partial charge in [-0.05, 0) is 37.8 Å². The third kappa shape index (κ3) is 2.05. The van der Waals surface area contributed by atoms with Crippen molar-refractivity contribution in [1.82, 2.24) is 4.98 Å². The molecule has 0 amide bonds. The van der Waals surface area contributed by atoms with E-state index in [9.17, 15) is 9.50 Å². The van der Waals surface area contributed by atoms with Crippen molar-refractivity contribution in [2.75, 3.05) is 0 Å². The van der Waals surface area contributed by atoms with E-state index in [4.69, 9.17) is 4.42 Å². The van der Waals surface area contributed by atoms with Crippen molar-refractivity contribution in [3.63, 3.8) is 0 Å². The maximum absolute atomic E-state index is 13.0. The van der Waals surface area contributed by atoms with Crippen molar-refractivity contribution in [2.24, 2.45) is 0 Å². The molecule has 0 spiro atoms. The van der Waals surface area contributed by atoms with Crippen LogP contribution in [0.5, 0.6) is 0 Å². The molecule has 0 radical (unpaired) electrons. The average Bonchev–Trinajstić information content (AvgIpc) is 2.72. The van der Waals surface area contributed by atoms with Gasteiger partial charge in [-0.2, -0.15) is 0 Å². The van der Waals surface area contributed by atoms with Gasteiger partial charge in [-0.1, -0.05) is 0 Å². The second-order valence-corrected chi connectivity index (χ2v) is 4.67. The number of aromatic nitrogens is 1. The number of nitrogens with zero attached hydrogens (tertiary/aromatic N) is 1. The highest BCUT2D eigenvalue weighted by atomic mass is 19.1. The monoisotopic (exact) mass is 235 g/mol. The van der Waals surface area contributed by atoms with Gasteiger partial charge < -0.3 is 9.52 Å². The van der Waals surface area contributed by atoms with Crippen LogP contribution in [0.1, 0.15) is 37.5 Å². The number of oxazole rings is 1. The van der Waals surface area contributed by atoms with Crippen molar-refractivity contribution in [3.05, 3.63) is 29.9 Å². The Morgan fingerprint density at radius 2 is 2.00 bits per heavy atom. The Labute approximate surface area is 98.3 Å². The van der Waals surface area contributed by atoms with Gasteiger partial charge in [0, 0.05) is 12.0 Å². The predicted octanol–water partition coefficient (Wildman–Crippen LogP) is 2.99. The third-order valence-corrected chi connectivity index (χ3v) is 3.41. The van der Waals surface area contributed by atoms with Gasteiger partial charge in [-0.3, -0.25) is 0 Å². The highest BCUT2D eigenvalue weighted by Crippen LogP contribution is 2.33. The summed E-state index contributed by atoms with van der Waals surface area (Å²) in [6.45, 7) is 0. The molecule has 1 aliphatic rings. The van der Waals surface area contributed by atoms with E-state index in [0.717, 1.165) is 25.7 Å². The van der Waals surface area contributed by atoms with E-state index in [0.29, 0.717) is 17.0 Å². The second kappa shape index (κ2) is 4.11. The molecule has 1 saturated carbocycles. The summed E-state index contributed by atoms with van der Waals surface area (Å²) in [6.07, 6.45) is 3.16. The summed E-state index contributed by atoms with van der Waals surface area (Å²) >= 11 is 0. The number of aliphatic hydroxyl groups excluding tert-OH is 1. The maximum Gasteiger partial charge on any atom is 0.198 e. The van der Waals surface area contributed by atoms with Gasteiger partial charge >= 0.3 is 0 Å². The van der Waals surface area contributed by atoms with Crippen LogP contribution < -0.4 is 0 Å². The predicted molar refractivity (Wildman–Crippen MR) is 61.2 cm³/mol. The van der Waals surface area contributed by atoms with Crippen LogP contribution in [0.4, 0.5) is 4.39 Å². The number of benzene rings is 1.